The number of fused-ring (bicyclic) bond motifs is 1. The molecule has 5 nitrogen and oxygen atoms in total. The standard InChI is InChI=1S/C17H23N3O2/c1-2-20-9-10-22-13(12-20)7-8-18-17(21)15-11-19-16-6-4-3-5-14(15)16/h3-6,11,13,19H,2,7-10,12H2,1H3,(H,18,21). The van der Waals surface area contributed by atoms with Gasteiger partial charge in [-0.25, -0.2) is 0 Å². The molecule has 1 aliphatic heterocycles. The van der Waals surface area contributed by atoms with E-state index >= 15 is 0 Å². The number of morpholine rings is 1. The van der Waals surface area contributed by atoms with E-state index in [2.05, 4.69) is 22.1 Å². The third kappa shape index (κ3) is 3.31. The van der Waals surface area contributed by atoms with Crippen LogP contribution in [0.2, 0.25) is 0 Å². The van der Waals surface area contributed by atoms with Crippen LogP contribution >= 0.6 is 0 Å². The van der Waals surface area contributed by atoms with Crippen LogP contribution in [0.3, 0.4) is 0 Å². The van der Waals surface area contributed by atoms with E-state index < -0.39 is 0 Å². The zero-order chi connectivity index (χ0) is 15.4. The molecule has 1 amide bonds. The highest BCUT2D eigenvalue weighted by atomic mass is 16.5. The minimum absolute atomic E-state index is 0.0272. The first kappa shape index (κ1) is 15.1. The molecule has 1 unspecified atom stereocenters. The fourth-order valence-corrected chi connectivity index (χ4v) is 2.94. The molecular weight excluding hydrogens is 278 g/mol. The molecule has 1 saturated heterocycles. The van der Waals surface area contributed by atoms with Crippen LogP contribution in [0.4, 0.5) is 0 Å². The van der Waals surface area contributed by atoms with Crippen LogP contribution in [0.1, 0.15) is 23.7 Å². The molecule has 1 atom stereocenters. The summed E-state index contributed by atoms with van der Waals surface area (Å²) in [5, 5.41) is 3.96. The average molecular weight is 301 g/mol. The van der Waals surface area contributed by atoms with Crippen molar-refractivity contribution in [2.75, 3.05) is 32.8 Å². The molecule has 0 aliphatic carbocycles. The SMILES string of the molecule is CCN1CCOC(CCNC(=O)c2c[nH]c3ccccc23)C1. The van der Waals surface area contributed by atoms with Crippen molar-refractivity contribution in [2.45, 2.75) is 19.4 Å². The number of amides is 1. The number of H-pyrrole nitrogens is 1. The van der Waals surface area contributed by atoms with Crippen molar-refractivity contribution in [2.24, 2.45) is 0 Å². The van der Waals surface area contributed by atoms with E-state index in [1.807, 2.05) is 24.3 Å². The molecule has 2 N–H and O–H groups in total. The maximum Gasteiger partial charge on any atom is 0.253 e. The second-order valence-electron chi connectivity index (χ2n) is 5.68. The summed E-state index contributed by atoms with van der Waals surface area (Å²) in [5.74, 6) is -0.0272. The number of carbonyl (C=O) groups is 1. The molecule has 5 heteroatoms. The Kier molecular flexibility index (Phi) is 4.75. The predicted molar refractivity (Wildman–Crippen MR) is 87.1 cm³/mol. The Morgan fingerprint density at radius 2 is 2.32 bits per heavy atom. The van der Waals surface area contributed by atoms with Crippen LogP contribution in [-0.4, -0.2) is 54.7 Å². The fourth-order valence-electron chi connectivity index (χ4n) is 2.94. The van der Waals surface area contributed by atoms with E-state index in [0.29, 0.717) is 12.1 Å². The molecule has 1 aromatic heterocycles. The summed E-state index contributed by atoms with van der Waals surface area (Å²) >= 11 is 0. The number of aromatic amines is 1. The van der Waals surface area contributed by atoms with Gasteiger partial charge in [0, 0.05) is 36.7 Å². The normalized spacial score (nSPS) is 19.4. The van der Waals surface area contributed by atoms with Gasteiger partial charge in [0.2, 0.25) is 0 Å². The first-order valence-corrected chi connectivity index (χ1v) is 7.96. The van der Waals surface area contributed by atoms with E-state index in [9.17, 15) is 4.79 Å². The quantitative estimate of drug-likeness (QED) is 0.888. The number of nitrogens with zero attached hydrogens (tertiary/aromatic N) is 1. The van der Waals surface area contributed by atoms with Crippen molar-refractivity contribution in [1.29, 1.82) is 0 Å². The lowest BCUT2D eigenvalue weighted by Gasteiger charge is -2.32. The molecule has 22 heavy (non-hydrogen) atoms. The number of hydrogen-bond acceptors (Lipinski definition) is 3. The summed E-state index contributed by atoms with van der Waals surface area (Å²) in [6.07, 6.45) is 2.84. The van der Waals surface area contributed by atoms with Gasteiger partial charge in [-0.15, -0.1) is 0 Å². The molecule has 2 heterocycles. The zero-order valence-corrected chi connectivity index (χ0v) is 13.0. The molecule has 118 valence electrons. The predicted octanol–water partition coefficient (Wildman–Crippen LogP) is 2.01. The lowest BCUT2D eigenvalue weighted by atomic mass is 10.1. The highest BCUT2D eigenvalue weighted by Crippen LogP contribution is 2.17. The van der Waals surface area contributed by atoms with Crippen LogP contribution < -0.4 is 5.32 Å². The summed E-state index contributed by atoms with van der Waals surface area (Å²) in [5.41, 5.74) is 1.69. The number of para-hydroxylation sites is 1. The van der Waals surface area contributed by atoms with E-state index in [1.165, 1.54) is 0 Å². The van der Waals surface area contributed by atoms with Gasteiger partial charge in [0.05, 0.1) is 18.3 Å². The number of ether oxygens (including phenoxy) is 1. The van der Waals surface area contributed by atoms with Gasteiger partial charge in [-0.3, -0.25) is 9.69 Å². The largest absolute Gasteiger partial charge is 0.375 e. The molecule has 0 saturated carbocycles. The van der Waals surface area contributed by atoms with Gasteiger partial charge in [0.1, 0.15) is 0 Å². The molecule has 0 spiro atoms. The molecule has 2 aromatic rings. The first-order chi connectivity index (χ1) is 10.8. The summed E-state index contributed by atoms with van der Waals surface area (Å²) < 4.78 is 5.75. The molecule has 1 fully saturated rings. The maximum atomic E-state index is 12.3. The molecule has 3 rings (SSSR count). The average Bonchev–Trinajstić information content (AvgIpc) is 2.99. The monoisotopic (exact) mass is 301 g/mol. The number of carbonyl (C=O) groups excluding carboxylic acids is 1. The number of hydrogen-bond donors (Lipinski definition) is 2. The van der Waals surface area contributed by atoms with Crippen LogP contribution in [0.15, 0.2) is 30.5 Å². The van der Waals surface area contributed by atoms with Crippen molar-refractivity contribution in [3.8, 4) is 0 Å². The highest BCUT2D eigenvalue weighted by Gasteiger charge is 2.19. The number of benzene rings is 1. The molecular formula is C17H23N3O2. The van der Waals surface area contributed by atoms with Crippen molar-refractivity contribution >= 4 is 16.8 Å². The van der Waals surface area contributed by atoms with Gasteiger partial charge in [0.25, 0.3) is 5.91 Å². The van der Waals surface area contributed by atoms with Crippen LogP contribution in [0, 0.1) is 0 Å². The van der Waals surface area contributed by atoms with E-state index in [-0.39, 0.29) is 12.0 Å². The van der Waals surface area contributed by atoms with Gasteiger partial charge < -0.3 is 15.0 Å². The second kappa shape index (κ2) is 6.94. The Morgan fingerprint density at radius 1 is 1.45 bits per heavy atom. The number of aromatic nitrogens is 1. The summed E-state index contributed by atoms with van der Waals surface area (Å²) in [4.78, 5) is 17.8. The Labute approximate surface area is 130 Å². The van der Waals surface area contributed by atoms with E-state index in [0.717, 1.165) is 43.6 Å². The topological polar surface area (TPSA) is 57.4 Å². The van der Waals surface area contributed by atoms with Crippen molar-refractivity contribution in [1.82, 2.24) is 15.2 Å². The molecule has 0 radical (unpaired) electrons. The number of rotatable bonds is 5. The highest BCUT2D eigenvalue weighted by molar-refractivity contribution is 6.06. The number of likely N-dealkylation sites (N-methyl/N-ethyl adjacent to an activating group) is 1. The fraction of sp³-hybridized carbons (Fsp3) is 0.471. The minimum atomic E-state index is -0.0272. The summed E-state index contributed by atoms with van der Waals surface area (Å²) in [6.45, 7) is 6.62. The number of nitrogens with one attached hydrogen (secondary N) is 2. The minimum Gasteiger partial charge on any atom is -0.375 e. The maximum absolute atomic E-state index is 12.3. The van der Waals surface area contributed by atoms with Gasteiger partial charge >= 0.3 is 0 Å². The Balaban J connectivity index is 1.52. The van der Waals surface area contributed by atoms with E-state index in [1.54, 1.807) is 6.20 Å². The van der Waals surface area contributed by atoms with Crippen molar-refractivity contribution in [3.63, 3.8) is 0 Å². The van der Waals surface area contributed by atoms with E-state index in [4.69, 9.17) is 4.74 Å². The first-order valence-electron chi connectivity index (χ1n) is 7.96. The van der Waals surface area contributed by atoms with Gasteiger partial charge in [-0.1, -0.05) is 25.1 Å². The van der Waals surface area contributed by atoms with Gasteiger partial charge in [-0.05, 0) is 19.0 Å². The Hall–Kier alpha value is -1.85. The summed E-state index contributed by atoms with van der Waals surface area (Å²) in [7, 11) is 0. The van der Waals surface area contributed by atoms with Crippen LogP contribution in [-0.2, 0) is 4.74 Å². The Morgan fingerprint density at radius 3 is 3.18 bits per heavy atom. The van der Waals surface area contributed by atoms with Crippen molar-refractivity contribution < 1.29 is 9.53 Å². The Bertz CT molecular complexity index is 638. The van der Waals surface area contributed by atoms with Gasteiger partial charge in [0.15, 0.2) is 0 Å². The smallest absolute Gasteiger partial charge is 0.253 e. The van der Waals surface area contributed by atoms with Crippen LogP contribution in [0.5, 0.6) is 0 Å². The summed E-state index contributed by atoms with van der Waals surface area (Å²) in [6, 6.07) is 7.84. The molecule has 1 aromatic carbocycles. The zero-order valence-electron chi connectivity index (χ0n) is 13.0. The molecule has 1 aliphatic rings. The van der Waals surface area contributed by atoms with Crippen molar-refractivity contribution in [3.05, 3.63) is 36.0 Å². The van der Waals surface area contributed by atoms with Crippen LogP contribution in [0.25, 0.3) is 10.9 Å². The third-order valence-electron chi connectivity index (χ3n) is 4.26. The van der Waals surface area contributed by atoms with Gasteiger partial charge in [-0.2, -0.15) is 0 Å². The lowest BCUT2D eigenvalue weighted by Crippen LogP contribution is -2.43. The second-order valence-corrected chi connectivity index (χ2v) is 5.68. The third-order valence-corrected chi connectivity index (χ3v) is 4.26. The molecule has 0 bridgehead atoms. The lowest BCUT2D eigenvalue weighted by molar-refractivity contribution is -0.0296.